The summed E-state index contributed by atoms with van der Waals surface area (Å²) in [6.45, 7) is 3.99. The second-order valence-electron chi connectivity index (χ2n) is 7.70. The molecule has 0 unspecified atom stereocenters. The van der Waals surface area contributed by atoms with E-state index in [-0.39, 0.29) is 22.1 Å². The van der Waals surface area contributed by atoms with Gasteiger partial charge in [0, 0.05) is 17.1 Å². The molecule has 0 spiro atoms. The van der Waals surface area contributed by atoms with Gasteiger partial charge in [0.15, 0.2) is 5.16 Å². The molecule has 0 bridgehead atoms. The van der Waals surface area contributed by atoms with Crippen molar-refractivity contribution in [2.45, 2.75) is 56.1 Å². The third kappa shape index (κ3) is 4.47. The number of anilines is 1. The van der Waals surface area contributed by atoms with Gasteiger partial charge in [0.1, 0.15) is 4.83 Å². The molecule has 0 radical (unpaired) electrons. The lowest BCUT2D eigenvalue weighted by molar-refractivity contribution is -0.113. The Kier molecular flexibility index (Phi) is 6.44. The van der Waals surface area contributed by atoms with E-state index in [9.17, 15) is 18.0 Å². The summed E-state index contributed by atoms with van der Waals surface area (Å²) in [5.74, 6) is -0.302. The average Bonchev–Trinajstić information content (AvgIpc) is 3.11. The molecule has 8 nitrogen and oxygen atoms in total. The Morgan fingerprint density at radius 1 is 1.31 bits per heavy atom. The number of carbonyl (C=O) groups is 1. The molecule has 0 fully saturated rings. The number of rotatable bonds is 6. The molecule has 0 saturated carbocycles. The van der Waals surface area contributed by atoms with Crippen LogP contribution in [-0.4, -0.2) is 29.6 Å². The Balaban J connectivity index is 1.55. The monoisotopic (exact) mass is 492 g/mol. The lowest BCUT2D eigenvalue weighted by Crippen LogP contribution is -2.24. The minimum absolute atomic E-state index is 0.0294. The fourth-order valence-electron chi connectivity index (χ4n) is 3.92. The normalized spacial score (nSPS) is 13.8. The van der Waals surface area contributed by atoms with Gasteiger partial charge in [0.05, 0.1) is 16.0 Å². The largest absolute Gasteiger partial charge is 0.325 e. The summed E-state index contributed by atoms with van der Waals surface area (Å²) in [7, 11) is -3.89. The van der Waals surface area contributed by atoms with Crippen LogP contribution in [0, 0.1) is 6.92 Å². The number of sulfonamides is 1. The van der Waals surface area contributed by atoms with Gasteiger partial charge >= 0.3 is 0 Å². The van der Waals surface area contributed by atoms with Gasteiger partial charge in [-0.3, -0.25) is 14.2 Å². The molecular weight excluding hydrogens is 468 g/mol. The Bertz CT molecular complexity index is 1380. The molecule has 32 heavy (non-hydrogen) atoms. The molecule has 0 saturated heterocycles. The number of amides is 1. The first-order chi connectivity index (χ1) is 15.2. The molecule has 3 aromatic rings. The van der Waals surface area contributed by atoms with E-state index in [1.54, 1.807) is 35.0 Å². The third-order valence-electron chi connectivity index (χ3n) is 5.47. The number of nitrogens with two attached hydrogens (primary N) is 1. The maximum Gasteiger partial charge on any atom is 0.263 e. The first kappa shape index (κ1) is 23.0. The zero-order valence-electron chi connectivity index (χ0n) is 17.8. The molecule has 2 heterocycles. The highest BCUT2D eigenvalue weighted by Gasteiger charge is 2.22. The predicted octanol–water partition coefficient (Wildman–Crippen LogP) is 3.04. The quantitative estimate of drug-likeness (QED) is 0.403. The van der Waals surface area contributed by atoms with Crippen LogP contribution in [0.1, 0.15) is 35.8 Å². The molecule has 4 rings (SSSR count). The number of nitrogens with zero attached hydrogens (tertiary/aromatic N) is 2. The number of hydrogen-bond donors (Lipinski definition) is 2. The van der Waals surface area contributed by atoms with Crippen molar-refractivity contribution >= 4 is 54.9 Å². The number of primary sulfonamides is 1. The van der Waals surface area contributed by atoms with Crippen LogP contribution in [0.4, 0.5) is 5.69 Å². The number of fused-ring (bicyclic) bond motifs is 3. The molecule has 0 aliphatic heterocycles. The van der Waals surface area contributed by atoms with E-state index in [0.717, 1.165) is 41.5 Å². The number of aryl methyl sites for hydroxylation is 3. The topological polar surface area (TPSA) is 124 Å². The molecular formula is C21H24N4O4S3. The van der Waals surface area contributed by atoms with Gasteiger partial charge in [-0.15, -0.1) is 11.3 Å². The van der Waals surface area contributed by atoms with Gasteiger partial charge in [-0.2, -0.15) is 0 Å². The molecule has 0 atom stereocenters. The highest BCUT2D eigenvalue weighted by molar-refractivity contribution is 7.99. The van der Waals surface area contributed by atoms with Crippen molar-refractivity contribution in [3.8, 4) is 0 Å². The van der Waals surface area contributed by atoms with Crippen molar-refractivity contribution in [2.75, 3.05) is 11.1 Å². The highest BCUT2D eigenvalue weighted by atomic mass is 32.2. The van der Waals surface area contributed by atoms with Crippen molar-refractivity contribution in [1.82, 2.24) is 9.55 Å². The van der Waals surface area contributed by atoms with E-state index in [4.69, 9.17) is 10.1 Å². The fourth-order valence-corrected chi connectivity index (χ4v) is 6.89. The molecule has 1 aliphatic carbocycles. The number of nitrogens with one attached hydrogen (secondary N) is 1. The number of thioether (sulfide) groups is 1. The van der Waals surface area contributed by atoms with Crippen molar-refractivity contribution in [3.63, 3.8) is 0 Å². The summed E-state index contributed by atoms with van der Waals surface area (Å²) in [4.78, 5) is 32.4. The average molecular weight is 493 g/mol. The summed E-state index contributed by atoms with van der Waals surface area (Å²) < 4.78 is 25.0. The molecule has 170 valence electrons. The Morgan fingerprint density at radius 2 is 2.06 bits per heavy atom. The van der Waals surface area contributed by atoms with E-state index in [0.29, 0.717) is 23.0 Å². The van der Waals surface area contributed by atoms with Gasteiger partial charge < -0.3 is 5.32 Å². The number of benzene rings is 1. The van der Waals surface area contributed by atoms with E-state index >= 15 is 0 Å². The molecule has 11 heteroatoms. The zero-order valence-corrected chi connectivity index (χ0v) is 20.3. The minimum atomic E-state index is -3.89. The number of aromatic nitrogens is 2. The van der Waals surface area contributed by atoms with Crippen LogP contribution in [0.2, 0.25) is 0 Å². The standard InChI is InChI=1S/C21H24N4O4S3/c1-3-25-20(27)18-14-6-4-5-7-15(14)31-19(18)24-21(25)30-11-17(26)23-13-9-8-12(2)16(10-13)32(22,28)29/h8-10H,3-7,11H2,1-2H3,(H,23,26)(H2,22,28,29). The van der Waals surface area contributed by atoms with Gasteiger partial charge in [-0.25, -0.2) is 18.5 Å². The molecule has 1 amide bonds. The van der Waals surface area contributed by atoms with Crippen molar-refractivity contribution in [2.24, 2.45) is 5.14 Å². The van der Waals surface area contributed by atoms with Crippen LogP contribution in [0.3, 0.4) is 0 Å². The number of thiophene rings is 1. The first-order valence-electron chi connectivity index (χ1n) is 10.3. The van der Waals surface area contributed by atoms with E-state index in [1.807, 2.05) is 6.92 Å². The van der Waals surface area contributed by atoms with Crippen molar-refractivity contribution < 1.29 is 13.2 Å². The number of hydrogen-bond acceptors (Lipinski definition) is 7. The maximum absolute atomic E-state index is 13.2. The van der Waals surface area contributed by atoms with Crippen LogP contribution in [0.25, 0.3) is 10.2 Å². The second kappa shape index (κ2) is 8.97. The van der Waals surface area contributed by atoms with Gasteiger partial charge in [-0.05, 0) is 62.8 Å². The van der Waals surface area contributed by atoms with E-state index < -0.39 is 10.0 Å². The van der Waals surface area contributed by atoms with Crippen molar-refractivity contribution in [1.29, 1.82) is 0 Å². The highest BCUT2D eigenvalue weighted by Crippen LogP contribution is 2.34. The maximum atomic E-state index is 13.2. The molecule has 1 aliphatic rings. The lowest BCUT2D eigenvalue weighted by atomic mass is 9.97. The summed E-state index contributed by atoms with van der Waals surface area (Å²) >= 11 is 2.77. The van der Waals surface area contributed by atoms with Crippen LogP contribution in [-0.2, 0) is 34.2 Å². The van der Waals surface area contributed by atoms with Crippen LogP contribution in [0.15, 0.2) is 33.0 Å². The fraction of sp³-hybridized carbons (Fsp3) is 0.381. The Labute approximate surface area is 194 Å². The molecule has 1 aromatic carbocycles. The summed E-state index contributed by atoms with van der Waals surface area (Å²) in [5.41, 5.74) is 1.95. The zero-order chi connectivity index (χ0) is 23.0. The van der Waals surface area contributed by atoms with Crippen LogP contribution in [0.5, 0.6) is 0 Å². The Hall–Kier alpha value is -2.21. The van der Waals surface area contributed by atoms with Crippen molar-refractivity contribution in [3.05, 3.63) is 44.6 Å². The SMILES string of the molecule is CCn1c(SCC(=O)Nc2ccc(C)c(S(N)(=O)=O)c2)nc2sc3c(c2c1=O)CCCC3. The smallest absolute Gasteiger partial charge is 0.263 e. The minimum Gasteiger partial charge on any atom is -0.325 e. The van der Waals surface area contributed by atoms with E-state index in [1.165, 1.54) is 22.7 Å². The Morgan fingerprint density at radius 3 is 2.78 bits per heavy atom. The number of carbonyl (C=O) groups excluding carboxylic acids is 1. The van der Waals surface area contributed by atoms with Gasteiger partial charge in [-0.1, -0.05) is 17.8 Å². The van der Waals surface area contributed by atoms with Gasteiger partial charge in [0.25, 0.3) is 5.56 Å². The van der Waals surface area contributed by atoms with Gasteiger partial charge in [0.2, 0.25) is 15.9 Å². The summed E-state index contributed by atoms with van der Waals surface area (Å²) in [6.07, 6.45) is 4.13. The second-order valence-corrected chi connectivity index (χ2v) is 11.3. The third-order valence-corrected chi connectivity index (χ3v) is 8.68. The van der Waals surface area contributed by atoms with Crippen LogP contribution < -0.4 is 16.0 Å². The van der Waals surface area contributed by atoms with Crippen LogP contribution >= 0.6 is 23.1 Å². The predicted molar refractivity (Wildman–Crippen MR) is 128 cm³/mol. The first-order valence-corrected chi connectivity index (χ1v) is 13.6. The lowest BCUT2D eigenvalue weighted by Gasteiger charge is -2.12. The van der Waals surface area contributed by atoms with E-state index in [2.05, 4.69) is 5.32 Å². The molecule has 3 N–H and O–H groups in total. The molecule has 2 aromatic heterocycles. The summed E-state index contributed by atoms with van der Waals surface area (Å²) in [6, 6.07) is 4.55. The summed E-state index contributed by atoms with van der Waals surface area (Å²) in [5, 5.41) is 9.16.